The first-order chi connectivity index (χ1) is 13.9. The molecule has 0 heterocycles. The Morgan fingerprint density at radius 2 is 1.50 bits per heavy atom. The Hall–Kier alpha value is -0.260. The molecule has 0 heteroatoms. The number of fused-ring (bicyclic) bond motifs is 7. The molecule has 0 spiro atoms. The molecule has 30 heavy (non-hydrogen) atoms. The first-order valence-electron chi connectivity index (χ1n) is 13.6. The first-order valence-corrected chi connectivity index (χ1v) is 13.6. The van der Waals surface area contributed by atoms with Gasteiger partial charge in [0.1, 0.15) is 0 Å². The van der Waals surface area contributed by atoms with Crippen LogP contribution >= 0.6 is 0 Å². The zero-order valence-electron chi connectivity index (χ0n) is 21.5. The largest absolute Gasteiger partial charge is 0.0841 e. The molecular weight excluding hydrogens is 360 g/mol. The van der Waals surface area contributed by atoms with Crippen molar-refractivity contribution in [1.29, 1.82) is 0 Å². The van der Waals surface area contributed by atoms with Crippen molar-refractivity contribution in [2.75, 3.05) is 0 Å². The molecule has 0 bridgehead atoms. The fourth-order valence-electron chi connectivity index (χ4n) is 11.3. The van der Waals surface area contributed by atoms with Crippen LogP contribution < -0.4 is 0 Å². The maximum atomic E-state index is 2.83. The van der Waals surface area contributed by atoms with Gasteiger partial charge in [0.2, 0.25) is 0 Å². The average Bonchev–Trinajstić information content (AvgIpc) is 3.01. The van der Waals surface area contributed by atoms with E-state index in [1.54, 1.807) is 0 Å². The molecule has 0 aliphatic heterocycles. The van der Waals surface area contributed by atoms with Gasteiger partial charge in [0.05, 0.1) is 0 Å². The van der Waals surface area contributed by atoms with Gasteiger partial charge in [-0.3, -0.25) is 0 Å². The van der Waals surface area contributed by atoms with Crippen molar-refractivity contribution < 1.29 is 0 Å². The highest BCUT2D eigenvalue weighted by atomic mass is 14.7. The van der Waals surface area contributed by atoms with E-state index in [0.29, 0.717) is 27.1 Å². The highest BCUT2D eigenvalue weighted by Gasteiger charge is 2.67. The van der Waals surface area contributed by atoms with Crippen molar-refractivity contribution in [3.63, 3.8) is 0 Å². The van der Waals surface area contributed by atoms with E-state index in [1.807, 2.05) is 5.57 Å². The van der Waals surface area contributed by atoms with Crippen molar-refractivity contribution in [3.8, 4) is 0 Å². The quantitative estimate of drug-likeness (QED) is 0.378. The van der Waals surface area contributed by atoms with E-state index in [2.05, 4.69) is 61.5 Å². The Bertz CT molecular complexity index is 741. The summed E-state index contributed by atoms with van der Waals surface area (Å²) < 4.78 is 0. The highest BCUT2D eigenvalue weighted by Crippen LogP contribution is 2.76. The van der Waals surface area contributed by atoms with Crippen molar-refractivity contribution in [2.24, 2.45) is 56.7 Å². The maximum absolute atomic E-state index is 2.83. The average molecular weight is 411 g/mol. The van der Waals surface area contributed by atoms with Gasteiger partial charge >= 0.3 is 0 Å². The second-order valence-corrected chi connectivity index (χ2v) is 14.6. The van der Waals surface area contributed by atoms with Crippen LogP contribution in [0.25, 0.3) is 0 Å². The van der Waals surface area contributed by atoms with E-state index in [9.17, 15) is 0 Å². The molecule has 0 aromatic rings. The van der Waals surface area contributed by atoms with Gasteiger partial charge in [0, 0.05) is 0 Å². The van der Waals surface area contributed by atoms with Crippen LogP contribution in [0, 0.1) is 56.7 Å². The van der Waals surface area contributed by atoms with Crippen molar-refractivity contribution in [2.45, 2.75) is 120 Å². The van der Waals surface area contributed by atoms with E-state index in [1.165, 1.54) is 64.2 Å². The molecule has 170 valence electrons. The molecule has 8 atom stereocenters. The van der Waals surface area contributed by atoms with Crippen molar-refractivity contribution >= 4 is 0 Å². The lowest BCUT2D eigenvalue weighted by molar-refractivity contribution is -0.144. The normalized spacial score (nSPS) is 54.6. The summed E-state index contributed by atoms with van der Waals surface area (Å²) in [7, 11) is 0. The standard InChI is InChI=1S/C30H50/c1-20(2)21-10-13-25-28(21,6)18-19-29(7)23-11-12-24-26(3,4)15-9-16-27(24,5)22(23)14-17-30(25,29)8/h11,20-22,24-25H,9-10,12-19H2,1-8H3/t21-,22-,24+,25-,27-,28-,29-,30+/m1/s1. The molecule has 5 rings (SSSR count). The molecule has 4 saturated carbocycles. The van der Waals surface area contributed by atoms with E-state index in [-0.39, 0.29) is 0 Å². The van der Waals surface area contributed by atoms with Gasteiger partial charge in [-0.05, 0) is 114 Å². The molecule has 5 aliphatic rings. The van der Waals surface area contributed by atoms with Gasteiger partial charge in [-0.2, -0.15) is 0 Å². The minimum absolute atomic E-state index is 0.446. The number of rotatable bonds is 1. The van der Waals surface area contributed by atoms with Gasteiger partial charge in [0.15, 0.2) is 0 Å². The zero-order valence-corrected chi connectivity index (χ0v) is 21.5. The predicted octanol–water partition coefficient (Wildman–Crippen LogP) is 9.05. The third kappa shape index (κ3) is 2.46. The molecule has 0 nitrogen and oxygen atoms in total. The minimum Gasteiger partial charge on any atom is -0.0841 e. The lowest BCUT2D eigenvalue weighted by Crippen LogP contribution is -2.60. The highest BCUT2D eigenvalue weighted by molar-refractivity contribution is 5.33. The Balaban J connectivity index is 1.55. The van der Waals surface area contributed by atoms with Crippen molar-refractivity contribution in [1.82, 2.24) is 0 Å². The SMILES string of the molecule is CC(C)[C@H]1CC[C@@H]2[C@]1(C)CC[C@]1(C)C3=CC[C@H]4C(C)(C)CCC[C@]4(C)[C@@H]3CC[C@@]21C. The summed E-state index contributed by atoms with van der Waals surface area (Å²) in [6, 6.07) is 0. The van der Waals surface area contributed by atoms with Crippen LogP contribution in [0.4, 0.5) is 0 Å². The number of hydrogen-bond donors (Lipinski definition) is 0. The Labute approximate surface area is 188 Å². The van der Waals surface area contributed by atoms with E-state index >= 15 is 0 Å². The molecular formula is C30H50. The Morgan fingerprint density at radius 1 is 0.767 bits per heavy atom. The summed E-state index contributed by atoms with van der Waals surface area (Å²) in [6.07, 6.45) is 17.4. The number of allylic oxidation sites excluding steroid dienone is 2. The molecule has 0 aromatic carbocycles. The van der Waals surface area contributed by atoms with Gasteiger partial charge < -0.3 is 0 Å². The van der Waals surface area contributed by atoms with Crippen LogP contribution in [0.3, 0.4) is 0 Å². The monoisotopic (exact) mass is 410 g/mol. The molecule has 0 unspecified atom stereocenters. The predicted molar refractivity (Wildman–Crippen MR) is 129 cm³/mol. The summed E-state index contributed by atoms with van der Waals surface area (Å²) >= 11 is 0. The van der Waals surface area contributed by atoms with Gasteiger partial charge in [-0.25, -0.2) is 0 Å². The third-order valence-electron chi connectivity index (χ3n) is 13.0. The summed E-state index contributed by atoms with van der Waals surface area (Å²) in [6.45, 7) is 21.1. The van der Waals surface area contributed by atoms with Crippen LogP contribution in [0.15, 0.2) is 11.6 Å². The van der Waals surface area contributed by atoms with Crippen LogP contribution in [-0.4, -0.2) is 0 Å². The molecule has 4 fully saturated rings. The molecule has 0 aromatic heterocycles. The lowest BCUT2D eigenvalue weighted by Gasteiger charge is -2.69. The second kappa shape index (κ2) is 6.41. The fraction of sp³-hybridized carbons (Fsp3) is 0.933. The smallest absolute Gasteiger partial charge is 0.00566 e. The Kier molecular flexibility index (Phi) is 4.61. The molecule has 0 saturated heterocycles. The van der Waals surface area contributed by atoms with E-state index in [4.69, 9.17) is 0 Å². The number of hydrogen-bond acceptors (Lipinski definition) is 0. The molecule has 0 N–H and O–H groups in total. The first kappa shape index (κ1) is 21.6. The van der Waals surface area contributed by atoms with E-state index in [0.717, 1.165) is 29.6 Å². The van der Waals surface area contributed by atoms with Crippen LogP contribution in [0.5, 0.6) is 0 Å². The summed E-state index contributed by atoms with van der Waals surface area (Å²) in [4.78, 5) is 0. The van der Waals surface area contributed by atoms with Crippen molar-refractivity contribution in [3.05, 3.63) is 11.6 Å². The van der Waals surface area contributed by atoms with E-state index < -0.39 is 0 Å². The Morgan fingerprint density at radius 3 is 2.20 bits per heavy atom. The van der Waals surface area contributed by atoms with Gasteiger partial charge in [-0.1, -0.05) is 73.5 Å². The molecule has 0 amide bonds. The second-order valence-electron chi connectivity index (χ2n) is 14.6. The van der Waals surface area contributed by atoms with Crippen LogP contribution in [-0.2, 0) is 0 Å². The third-order valence-corrected chi connectivity index (χ3v) is 13.0. The topological polar surface area (TPSA) is 0 Å². The summed E-state index contributed by atoms with van der Waals surface area (Å²) in [5, 5.41) is 0. The maximum Gasteiger partial charge on any atom is -0.00566 e. The summed E-state index contributed by atoms with van der Waals surface area (Å²) in [5.41, 5.74) is 4.57. The fourth-order valence-corrected chi connectivity index (χ4v) is 11.3. The minimum atomic E-state index is 0.446. The van der Waals surface area contributed by atoms with Crippen LogP contribution in [0.1, 0.15) is 120 Å². The summed E-state index contributed by atoms with van der Waals surface area (Å²) in [5.74, 6) is 4.49. The van der Waals surface area contributed by atoms with Crippen LogP contribution in [0.2, 0.25) is 0 Å². The zero-order chi connectivity index (χ0) is 21.7. The van der Waals surface area contributed by atoms with Gasteiger partial charge in [-0.15, -0.1) is 0 Å². The van der Waals surface area contributed by atoms with Gasteiger partial charge in [0.25, 0.3) is 0 Å². The molecule has 5 aliphatic carbocycles. The molecule has 0 radical (unpaired) electrons. The lowest BCUT2D eigenvalue weighted by atomic mass is 9.36.